The minimum absolute atomic E-state index is 0.245. The average molecular weight is 710 g/mol. The van der Waals surface area contributed by atoms with Gasteiger partial charge in [-0.2, -0.15) is 0 Å². The third-order valence-corrected chi connectivity index (χ3v) is 10.5. The fourth-order valence-electron chi connectivity index (χ4n) is 7.79. The fraction of sp³-hybridized carbons (Fsp3) is 0.159. The van der Waals surface area contributed by atoms with Gasteiger partial charge in [-0.15, -0.1) is 0 Å². The Labute approximate surface area is 310 Å². The summed E-state index contributed by atoms with van der Waals surface area (Å²) in [6.07, 6.45) is 10.5. The lowest BCUT2D eigenvalue weighted by molar-refractivity contribution is -0.143. The van der Waals surface area contributed by atoms with Crippen molar-refractivity contribution in [1.82, 2.24) is 34.8 Å². The summed E-state index contributed by atoms with van der Waals surface area (Å²) in [4.78, 5) is 51.3. The van der Waals surface area contributed by atoms with Crippen LogP contribution >= 0.6 is 0 Å². The fourth-order valence-corrected chi connectivity index (χ4v) is 7.79. The van der Waals surface area contributed by atoms with Crippen molar-refractivity contribution in [3.05, 3.63) is 151 Å². The van der Waals surface area contributed by atoms with E-state index in [4.69, 9.17) is 15.0 Å². The monoisotopic (exact) mass is 709 g/mol. The van der Waals surface area contributed by atoms with Crippen LogP contribution in [-0.4, -0.2) is 46.5 Å². The highest BCUT2D eigenvalue weighted by atomic mass is 16.4. The molecule has 1 aliphatic rings. The second kappa shape index (κ2) is 13.6. The van der Waals surface area contributed by atoms with Gasteiger partial charge in [0.1, 0.15) is 5.82 Å². The number of hydrogen-bond donors (Lipinski definition) is 2. The summed E-state index contributed by atoms with van der Waals surface area (Å²) in [5.41, 5.74) is 6.10. The first-order valence-electron chi connectivity index (χ1n) is 18.2. The number of fused-ring (bicyclic) bond motifs is 3. The topological polar surface area (TPSA) is 136 Å². The van der Waals surface area contributed by atoms with E-state index in [0.29, 0.717) is 33.2 Å². The number of carbonyl (C=O) groups is 2. The Balaban J connectivity index is 1.13. The molecule has 8 aromatic rings. The Bertz CT molecular complexity index is 2690. The number of benzene rings is 5. The van der Waals surface area contributed by atoms with Crippen LogP contribution in [0.3, 0.4) is 0 Å². The van der Waals surface area contributed by atoms with Crippen molar-refractivity contribution in [1.29, 1.82) is 0 Å². The second-order valence-corrected chi connectivity index (χ2v) is 13.8. The molecule has 3 aromatic heterocycles. The third kappa shape index (κ3) is 5.81. The lowest BCUT2D eigenvalue weighted by atomic mass is 9.82. The molecule has 0 aliphatic heterocycles. The van der Waals surface area contributed by atoms with Crippen LogP contribution in [0, 0.1) is 0 Å². The van der Waals surface area contributed by atoms with Gasteiger partial charge in [-0.1, -0.05) is 86.0 Å². The summed E-state index contributed by atoms with van der Waals surface area (Å²) in [7, 11) is 0. The van der Waals surface area contributed by atoms with E-state index in [2.05, 4.69) is 19.9 Å². The third-order valence-electron chi connectivity index (χ3n) is 10.5. The normalized spacial score (nSPS) is 14.6. The summed E-state index contributed by atoms with van der Waals surface area (Å²) in [6.45, 7) is 0. The largest absolute Gasteiger partial charge is 0.479 e. The second-order valence-electron chi connectivity index (χ2n) is 13.8. The lowest BCUT2D eigenvalue weighted by Crippen LogP contribution is -2.52. The van der Waals surface area contributed by atoms with Gasteiger partial charge in [-0.05, 0) is 72.5 Å². The molecule has 1 atom stereocenters. The maximum absolute atomic E-state index is 14.3. The van der Waals surface area contributed by atoms with Crippen LogP contribution in [0.5, 0.6) is 0 Å². The van der Waals surface area contributed by atoms with Gasteiger partial charge < -0.3 is 15.0 Å². The van der Waals surface area contributed by atoms with Gasteiger partial charge in [0.25, 0.3) is 5.91 Å². The molecular formula is C44H35N7O3. The Morgan fingerprint density at radius 1 is 0.648 bits per heavy atom. The predicted molar refractivity (Wildman–Crippen MR) is 208 cm³/mol. The van der Waals surface area contributed by atoms with Gasteiger partial charge in [0, 0.05) is 35.1 Å². The summed E-state index contributed by atoms with van der Waals surface area (Å²) >= 11 is 0. The summed E-state index contributed by atoms with van der Waals surface area (Å²) in [5, 5.41) is 13.9. The number of carboxylic acids is 1. The van der Waals surface area contributed by atoms with Crippen molar-refractivity contribution in [3.63, 3.8) is 0 Å². The minimum atomic E-state index is -1.92. The van der Waals surface area contributed by atoms with Gasteiger partial charge in [0.15, 0.2) is 5.54 Å². The van der Waals surface area contributed by atoms with Gasteiger partial charge >= 0.3 is 5.97 Å². The maximum atomic E-state index is 14.3. The van der Waals surface area contributed by atoms with Crippen LogP contribution in [0.2, 0.25) is 0 Å². The Morgan fingerprint density at radius 2 is 1.37 bits per heavy atom. The van der Waals surface area contributed by atoms with Crippen molar-refractivity contribution >= 4 is 45.0 Å². The SMILES string of the molecule is O=C(NC(C(=O)O)(c1ccccc1)c1ccc2nccnc2c1)c1ccc2c(c1)nc(-c1ccc3nc(-c4ccccc4)cnc3c1)n2C1CCCCC1. The molecule has 10 heteroatoms. The van der Waals surface area contributed by atoms with Gasteiger partial charge in [-0.3, -0.25) is 19.7 Å². The van der Waals surface area contributed by atoms with Crippen molar-refractivity contribution in [2.24, 2.45) is 0 Å². The van der Waals surface area contributed by atoms with E-state index in [0.717, 1.165) is 64.9 Å². The van der Waals surface area contributed by atoms with Gasteiger partial charge in [-0.25, -0.2) is 14.8 Å². The highest BCUT2D eigenvalue weighted by Gasteiger charge is 2.44. The van der Waals surface area contributed by atoms with Crippen molar-refractivity contribution < 1.29 is 14.7 Å². The lowest BCUT2D eigenvalue weighted by Gasteiger charge is -2.32. The van der Waals surface area contributed by atoms with E-state index in [9.17, 15) is 14.7 Å². The molecule has 9 rings (SSSR count). The number of imidazole rings is 1. The molecule has 3 heterocycles. The van der Waals surface area contributed by atoms with Crippen molar-refractivity contribution in [3.8, 4) is 22.6 Å². The molecule has 10 nitrogen and oxygen atoms in total. The Hall–Kier alpha value is -6.81. The maximum Gasteiger partial charge on any atom is 0.338 e. The van der Waals surface area contributed by atoms with Crippen LogP contribution in [0.4, 0.5) is 0 Å². The number of carbonyl (C=O) groups excluding carboxylic acids is 1. The van der Waals surface area contributed by atoms with E-state index in [1.54, 1.807) is 73.2 Å². The molecule has 54 heavy (non-hydrogen) atoms. The first kappa shape index (κ1) is 33.1. The van der Waals surface area contributed by atoms with E-state index in [1.165, 1.54) is 6.42 Å². The molecule has 1 unspecified atom stereocenters. The zero-order valence-corrected chi connectivity index (χ0v) is 29.3. The minimum Gasteiger partial charge on any atom is -0.479 e. The predicted octanol–water partition coefficient (Wildman–Crippen LogP) is 8.52. The molecule has 1 fully saturated rings. The molecule has 1 saturated carbocycles. The van der Waals surface area contributed by atoms with Crippen LogP contribution in [-0.2, 0) is 10.3 Å². The molecule has 5 aromatic carbocycles. The number of amides is 1. The number of nitrogens with one attached hydrogen (secondary N) is 1. The van der Waals surface area contributed by atoms with Crippen LogP contribution in [0.15, 0.2) is 134 Å². The van der Waals surface area contributed by atoms with Crippen LogP contribution in [0.1, 0.15) is 59.6 Å². The van der Waals surface area contributed by atoms with E-state index in [-0.39, 0.29) is 6.04 Å². The smallest absolute Gasteiger partial charge is 0.338 e. The number of aromatic nitrogens is 6. The van der Waals surface area contributed by atoms with Gasteiger partial charge in [0.05, 0.1) is 45.0 Å². The highest BCUT2D eigenvalue weighted by molar-refractivity contribution is 6.02. The molecule has 0 bridgehead atoms. The van der Waals surface area contributed by atoms with Crippen molar-refractivity contribution in [2.45, 2.75) is 43.7 Å². The molecule has 1 aliphatic carbocycles. The molecule has 1 amide bonds. The summed E-state index contributed by atoms with van der Waals surface area (Å²) in [5.74, 6) is -0.983. The zero-order valence-electron chi connectivity index (χ0n) is 29.3. The quantitative estimate of drug-likeness (QED) is 0.160. The van der Waals surface area contributed by atoms with Crippen LogP contribution < -0.4 is 5.32 Å². The summed E-state index contributed by atoms with van der Waals surface area (Å²) in [6, 6.07) is 35.5. The first-order chi connectivity index (χ1) is 26.5. The standard InChI is InChI=1S/C44H35N7O3/c52-42(50-44(43(53)54,31-12-6-2-7-13-31)32-18-20-34-37(26-32)46-23-22-45-34)30-17-21-40-38(25-30)49-41(51(40)33-14-8-3-9-15-33)29-16-19-35-36(24-29)47-27-39(48-35)28-10-4-1-5-11-28/h1-2,4-7,10-13,16-27,33H,3,8-9,14-15H2,(H,50,52)(H,53,54). The Morgan fingerprint density at radius 3 is 2.15 bits per heavy atom. The molecular weight excluding hydrogens is 675 g/mol. The average Bonchev–Trinajstić information content (AvgIpc) is 3.62. The first-order valence-corrected chi connectivity index (χ1v) is 18.2. The molecule has 0 spiro atoms. The number of carboxylic acid groups (broad SMARTS) is 1. The number of aliphatic carboxylic acids is 1. The molecule has 0 saturated heterocycles. The van der Waals surface area contributed by atoms with Crippen LogP contribution in [0.25, 0.3) is 55.7 Å². The molecule has 0 radical (unpaired) electrons. The number of rotatable bonds is 8. The molecule has 264 valence electrons. The highest BCUT2D eigenvalue weighted by Crippen LogP contribution is 2.38. The van der Waals surface area contributed by atoms with Gasteiger partial charge in [0.2, 0.25) is 0 Å². The molecule has 2 N–H and O–H groups in total. The Kier molecular flexibility index (Phi) is 8.34. The van der Waals surface area contributed by atoms with E-state index < -0.39 is 17.4 Å². The number of nitrogens with zero attached hydrogens (tertiary/aromatic N) is 6. The summed E-state index contributed by atoms with van der Waals surface area (Å²) < 4.78 is 2.31. The van der Waals surface area contributed by atoms with E-state index in [1.807, 2.05) is 60.7 Å². The van der Waals surface area contributed by atoms with E-state index >= 15 is 0 Å². The van der Waals surface area contributed by atoms with Crippen molar-refractivity contribution in [2.75, 3.05) is 0 Å². The zero-order chi connectivity index (χ0) is 36.6. The number of hydrogen-bond acceptors (Lipinski definition) is 7.